The first-order chi connectivity index (χ1) is 16.5. The Labute approximate surface area is 198 Å². The molecule has 1 saturated heterocycles. The summed E-state index contributed by atoms with van der Waals surface area (Å²) in [7, 11) is 2.20. The summed E-state index contributed by atoms with van der Waals surface area (Å²) in [6, 6.07) is 8.63. The predicted molar refractivity (Wildman–Crippen MR) is 130 cm³/mol. The van der Waals surface area contributed by atoms with E-state index in [2.05, 4.69) is 36.8 Å². The second-order valence-corrected chi connectivity index (χ2v) is 9.41. The van der Waals surface area contributed by atoms with Gasteiger partial charge in [0, 0.05) is 44.3 Å². The number of carboxylic acid groups (broad SMARTS) is 1. The lowest BCUT2D eigenvalue weighted by atomic mass is 9.90. The summed E-state index contributed by atoms with van der Waals surface area (Å²) < 4.78 is 2.06. The highest BCUT2D eigenvalue weighted by atomic mass is 16.4. The minimum Gasteiger partial charge on any atom is -0.465 e. The van der Waals surface area contributed by atoms with Crippen molar-refractivity contribution < 1.29 is 9.90 Å². The first kappa shape index (κ1) is 22.5. The van der Waals surface area contributed by atoms with Gasteiger partial charge in [0.05, 0.1) is 11.4 Å². The lowest BCUT2D eigenvalue weighted by Crippen LogP contribution is -2.49. The van der Waals surface area contributed by atoms with Crippen LogP contribution in [0.5, 0.6) is 0 Å². The molecule has 1 amide bonds. The van der Waals surface area contributed by atoms with Crippen LogP contribution in [0.2, 0.25) is 0 Å². The van der Waals surface area contributed by atoms with Crippen molar-refractivity contribution in [3.63, 3.8) is 0 Å². The molecular weight excluding hydrogens is 432 g/mol. The molecule has 1 aliphatic carbocycles. The number of nitrogens with zero attached hydrogens (tertiary/aromatic N) is 6. The first-order valence-corrected chi connectivity index (χ1v) is 12.0. The van der Waals surface area contributed by atoms with Crippen LogP contribution in [-0.4, -0.2) is 80.0 Å². The van der Waals surface area contributed by atoms with Gasteiger partial charge >= 0.3 is 6.09 Å². The van der Waals surface area contributed by atoms with Gasteiger partial charge in [-0.05, 0) is 38.3 Å². The van der Waals surface area contributed by atoms with Crippen molar-refractivity contribution in [3.05, 3.63) is 36.2 Å². The normalized spacial score (nSPS) is 22.1. The van der Waals surface area contributed by atoms with Crippen LogP contribution in [-0.2, 0) is 6.54 Å². The number of nitrogen functional groups attached to an aromatic ring is 1. The Bertz CT molecular complexity index is 1150. The first-order valence-electron chi connectivity index (χ1n) is 12.0. The highest BCUT2D eigenvalue weighted by Gasteiger charge is 2.30. The van der Waals surface area contributed by atoms with Gasteiger partial charge in [-0.1, -0.05) is 24.3 Å². The third-order valence-corrected chi connectivity index (χ3v) is 7.26. The van der Waals surface area contributed by atoms with Gasteiger partial charge in [-0.15, -0.1) is 0 Å². The van der Waals surface area contributed by atoms with Crippen molar-refractivity contribution >= 4 is 22.9 Å². The predicted octanol–water partition coefficient (Wildman–Crippen LogP) is 2.57. The van der Waals surface area contributed by atoms with Crippen LogP contribution >= 0.6 is 0 Å². The van der Waals surface area contributed by atoms with Crippen molar-refractivity contribution in [1.29, 1.82) is 0 Å². The van der Waals surface area contributed by atoms with Gasteiger partial charge < -0.3 is 21.1 Å². The van der Waals surface area contributed by atoms with Gasteiger partial charge in [0.25, 0.3) is 0 Å². The minimum atomic E-state index is -1.04. The number of likely N-dealkylation sites (N-methyl/N-ethyl adjacent to an activating group) is 1. The van der Waals surface area contributed by atoms with Crippen LogP contribution in [0.4, 0.5) is 10.6 Å². The fourth-order valence-corrected chi connectivity index (χ4v) is 5.27. The maximum atomic E-state index is 10.8. The Balaban J connectivity index is 1.37. The number of fused-ring (bicyclic) bond motifs is 1. The second-order valence-electron chi connectivity index (χ2n) is 9.41. The summed E-state index contributed by atoms with van der Waals surface area (Å²) in [4.78, 5) is 24.6. The molecule has 0 bridgehead atoms. The highest BCUT2D eigenvalue weighted by Crippen LogP contribution is 2.37. The van der Waals surface area contributed by atoms with E-state index in [9.17, 15) is 4.79 Å². The van der Waals surface area contributed by atoms with Crippen LogP contribution in [0.15, 0.2) is 30.6 Å². The third-order valence-electron chi connectivity index (χ3n) is 7.26. The molecule has 180 valence electrons. The monoisotopic (exact) mass is 464 g/mol. The van der Waals surface area contributed by atoms with Crippen molar-refractivity contribution in [2.75, 3.05) is 39.0 Å². The molecule has 4 N–H and O–H groups in total. The summed E-state index contributed by atoms with van der Waals surface area (Å²) >= 11 is 0. The molecule has 5 rings (SSSR count). The van der Waals surface area contributed by atoms with E-state index in [0.29, 0.717) is 11.9 Å². The lowest BCUT2D eigenvalue weighted by Gasteiger charge is -2.41. The van der Waals surface area contributed by atoms with Crippen LogP contribution in [0, 0.1) is 0 Å². The smallest absolute Gasteiger partial charge is 0.404 e. The molecule has 2 aromatic heterocycles. The number of nitrogens with one attached hydrogen (secondary N) is 1. The summed E-state index contributed by atoms with van der Waals surface area (Å²) in [6.45, 7) is 4.86. The quantitative estimate of drug-likeness (QED) is 0.526. The van der Waals surface area contributed by atoms with Crippen molar-refractivity contribution in [2.45, 2.75) is 44.3 Å². The second kappa shape index (κ2) is 9.55. The van der Waals surface area contributed by atoms with Gasteiger partial charge in [-0.3, -0.25) is 4.90 Å². The molecule has 10 nitrogen and oxygen atoms in total. The van der Waals surface area contributed by atoms with E-state index in [1.54, 1.807) is 0 Å². The van der Waals surface area contributed by atoms with Gasteiger partial charge in [0.15, 0.2) is 5.65 Å². The largest absolute Gasteiger partial charge is 0.465 e. The number of carbonyl (C=O) groups is 1. The Morgan fingerprint density at radius 2 is 1.74 bits per heavy atom. The number of rotatable bonds is 5. The zero-order chi connectivity index (χ0) is 23.7. The minimum absolute atomic E-state index is 0.257. The molecular formula is C24H32N8O2. The Morgan fingerprint density at radius 1 is 1.06 bits per heavy atom. The highest BCUT2D eigenvalue weighted by molar-refractivity contribution is 5.98. The van der Waals surface area contributed by atoms with Gasteiger partial charge in [-0.25, -0.2) is 19.4 Å². The van der Waals surface area contributed by atoms with E-state index in [1.165, 1.54) is 6.33 Å². The third kappa shape index (κ3) is 4.55. The zero-order valence-electron chi connectivity index (χ0n) is 19.5. The molecule has 0 radical (unpaired) electrons. The lowest BCUT2D eigenvalue weighted by molar-refractivity contribution is 0.0815. The molecule has 3 aromatic rings. The van der Waals surface area contributed by atoms with Crippen LogP contribution in [0.3, 0.4) is 0 Å². The number of piperazine rings is 1. The van der Waals surface area contributed by atoms with Gasteiger partial charge in [0.1, 0.15) is 17.8 Å². The standard InChI is InChI=1S/C24H32N8O2/c1-30-10-12-31(13-11-30)18-6-8-19(9-7-18)32-23-20(22(25)27-15-28-23)21(29-32)17-4-2-16(3-5-17)14-26-24(33)34/h2-5,15,18-19,26H,6-14H2,1H3,(H,33,34)(H2,25,27,28). The number of nitrogens with two attached hydrogens (primary N) is 1. The van der Waals surface area contributed by atoms with Crippen LogP contribution < -0.4 is 11.1 Å². The number of aromatic nitrogens is 4. The zero-order valence-corrected chi connectivity index (χ0v) is 19.5. The number of hydrogen-bond donors (Lipinski definition) is 3. The summed E-state index contributed by atoms with van der Waals surface area (Å²) in [5.41, 5.74) is 9.63. The summed E-state index contributed by atoms with van der Waals surface area (Å²) in [5, 5.41) is 17.0. The summed E-state index contributed by atoms with van der Waals surface area (Å²) in [5.74, 6) is 0.425. The average molecular weight is 465 g/mol. The van der Waals surface area contributed by atoms with Crippen molar-refractivity contribution in [1.82, 2.24) is 34.9 Å². The molecule has 3 heterocycles. The molecule has 34 heavy (non-hydrogen) atoms. The van der Waals surface area contributed by atoms with Gasteiger partial charge in [-0.2, -0.15) is 5.10 Å². The van der Waals surface area contributed by atoms with E-state index in [0.717, 1.165) is 79.7 Å². The van der Waals surface area contributed by atoms with E-state index < -0.39 is 6.09 Å². The molecule has 10 heteroatoms. The maximum Gasteiger partial charge on any atom is 0.404 e. The molecule has 1 saturated carbocycles. The number of amides is 1. The Hall–Kier alpha value is -3.24. The summed E-state index contributed by atoms with van der Waals surface area (Å²) in [6.07, 6.45) is 4.93. The fraction of sp³-hybridized carbons (Fsp3) is 0.500. The number of benzene rings is 1. The molecule has 0 spiro atoms. The molecule has 2 aliphatic rings. The average Bonchev–Trinajstić information content (AvgIpc) is 3.25. The van der Waals surface area contributed by atoms with Crippen LogP contribution in [0.1, 0.15) is 37.3 Å². The fourth-order valence-electron chi connectivity index (χ4n) is 5.27. The molecule has 0 atom stereocenters. The molecule has 2 fully saturated rings. The molecule has 1 aliphatic heterocycles. The van der Waals surface area contributed by atoms with E-state index in [-0.39, 0.29) is 12.6 Å². The van der Waals surface area contributed by atoms with E-state index >= 15 is 0 Å². The van der Waals surface area contributed by atoms with E-state index in [1.807, 2.05) is 24.3 Å². The van der Waals surface area contributed by atoms with Crippen molar-refractivity contribution in [2.24, 2.45) is 0 Å². The molecule has 0 unspecified atom stereocenters. The topological polar surface area (TPSA) is 125 Å². The Kier molecular flexibility index (Phi) is 6.34. The maximum absolute atomic E-state index is 10.8. The number of hydrogen-bond acceptors (Lipinski definition) is 7. The van der Waals surface area contributed by atoms with E-state index in [4.69, 9.17) is 15.9 Å². The molecule has 1 aromatic carbocycles. The SMILES string of the molecule is CN1CCN(C2CCC(n3nc(-c4ccc(CNC(=O)O)cc4)c4c(N)ncnc43)CC2)CC1. The van der Waals surface area contributed by atoms with Crippen LogP contribution in [0.25, 0.3) is 22.3 Å². The van der Waals surface area contributed by atoms with Gasteiger partial charge in [0.2, 0.25) is 0 Å². The van der Waals surface area contributed by atoms with Crippen molar-refractivity contribution in [3.8, 4) is 11.3 Å². The number of anilines is 1. The Morgan fingerprint density at radius 3 is 2.41 bits per heavy atom.